The first-order chi connectivity index (χ1) is 14.6. The molecule has 1 heterocycles. The number of benzene rings is 2. The number of nitrogens with one attached hydrogen (secondary N) is 3. The van der Waals surface area contributed by atoms with E-state index in [2.05, 4.69) is 10.9 Å². The molecule has 31 heavy (non-hydrogen) atoms. The Labute approximate surface area is 174 Å². The second-order valence-electron chi connectivity index (χ2n) is 6.21. The van der Waals surface area contributed by atoms with Gasteiger partial charge in [-0.1, -0.05) is 12.1 Å². The fourth-order valence-electron chi connectivity index (χ4n) is 2.61. The summed E-state index contributed by atoms with van der Waals surface area (Å²) in [4.78, 5) is 22.9. The van der Waals surface area contributed by atoms with E-state index in [0.29, 0.717) is 17.6 Å². The lowest BCUT2D eigenvalue weighted by Gasteiger charge is -2.13. The third-order valence-electron chi connectivity index (χ3n) is 4.08. The second kappa shape index (κ2) is 8.81. The molecule has 2 aromatic rings. The van der Waals surface area contributed by atoms with Crippen LogP contribution >= 0.6 is 0 Å². The first-order valence-corrected chi connectivity index (χ1v) is 10.2. The van der Waals surface area contributed by atoms with Crippen LogP contribution in [0.25, 0.3) is 0 Å². The predicted molar refractivity (Wildman–Crippen MR) is 99.4 cm³/mol. The van der Waals surface area contributed by atoms with Gasteiger partial charge >= 0.3 is 6.18 Å². The monoisotopic (exact) mass is 459 g/mol. The van der Waals surface area contributed by atoms with E-state index in [9.17, 15) is 31.2 Å². The SMILES string of the molecule is O=C(CCNS(=O)(=O)c1ccccc1C(F)(F)F)NNC(=O)c1ccc2c(c1)OCO2. The Balaban J connectivity index is 1.51. The summed E-state index contributed by atoms with van der Waals surface area (Å²) in [5.74, 6) is -0.584. The van der Waals surface area contributed by atoms with E-state index >= 15 is 0 Å². The Morgan fingerprint density at radius 3 is 2.45 bits per heavy atom. The van der Waals surface area contributed by atoms with Crippen molar-refractivity contribution < 1.29 is 40.7 Å². The molecular weight excluding hydrogens is 443 g/mol. The number of amides is 2. The quantitative estimate of drug-likeness (QED) is 0.564. The summed E-state index contributed by atoms with van der Waals surface area (Å²) < 4.78 is 75.6. The molecule has 0 saturated heterocycles. The van der Waals surface area contributed by atoms with Gasteiger partial charge in [0.25, 0.3) is 5.91 Å². The molecule has 3 rings (SSSR count). The highest BCUT2D eigenvalue weighted by atomic mass is 32.2. The van der Waals surface area contributed by atoms with E-state index in [4.69, 9.17) is 9.47 Å². The van der Waals surface area contributed by atoms with Gasteiger partial charge in [-0.05, 0) is 30.3 Å². The number of carbonyl (C=O) groups excluding carboxylic acids is 2. The van der Waals surface area contributed by atoms with Gasteiger partial charge in [-0.3, -0.25) is 20.4 Å². The third kappa shape index (κ3) is 5.44. The number of carbonyl (C=O) groups is 2. The first kappa shape index (κ1) is 22.4. The molecule has 9 nitrogen and oxygen atoms in total. The number of ether oxygens (including phenoxy) is 2. The van der Waals surface area contributed by atoms with Crippen LogP contribution < -0.4 is 25.0 Å². The summed E-state index contributed by atoms with van der Waals surface area (Å²) in [5.41, 5.74) is 3.08. The molecule has 0 unspecified atom stereocenters. The van der Waals surface area contributed by atoms with E-state index in [0.717, 1.165) is 18.2 Å². The van der Waals surface area contributed by atoms with Crippen molar-refractivity contribution >= 4 is 21.8 Å². The molecule has 2 aromatic carbocycles. The third-order valence-corrected chi connectivity index (χ3v) is 5.60. The molecule has 0 aromatic heterocycles. The molecule has 0 fully saturated rings. The lowest BCUT2D eigenvalue weighted by atomic mass is 10.2. The smallest absolute Gasteiger partial charge is 0.417 e. The van der Waals surface area contributed by atoms with E-state index in [-0.39, 0.29) is 12.4 Å². The van der Waals surface area contributed by atoms with E-state index < -0.39 is 51.4 Å². The van der Waals surface area contributed by atoms with Crippen molar-refractivity contribution in [2.75, 3.05) is 13.3 Å². The summed E-state index contributed by atoms with van der Waals surface area (Å²) in [5, 5.41) is 0. The van der Waals surface area contributed by atoms with Gasteiger partial charge in [0.2, 0.25) is 22.7 Å². The maximum atomic E-state index is 13.0. The second-order valence-corrected chi connectivity index (χ2v) is 7.95. The average molecular weight is 459 g/mol. The number of halogens is 3. The van der Waals surface area contributed by atoms with Crippen molar-refractivity contribution in [3.05, 3.63) is 53.6 Å². The van der Waals surface area contributed by atoms with Gasteiger partial charge in [0, 0.05) is 18.5 Å². The summed E-state index contributed by atoms with van der Waals surface area (Å²) in [6.07, 6.45) is -5.30. The first-order valence-electron chi connectivity index (χ1n) is 8.72. The Morgan fingerprint density at radius 1 is 1.00 bits per heavy atom. The number of sulfonamides is 1. The predicted octanol–water partition coefficient (Wildman–Crippen LogP) is 1.56. The van der Waals surface area contributed by atoms with Crippen LogP contribution in [0.3, 0.4) is 0 Å². The number of rotatable bonds is 6. The maximum absolute atomic E-state index is 13.0. The van der Waals surface area contributed by atoms with Gasteiger partial charge in [0.1, 0.15) is 0 Å². The molecule has 1 aliphatic heterocycles. The zero-order valence-corrected chi connectivity index (χ0v) is 16.5. The number of fused-ring (bicyclic) bond motifs is 1. The number of alkyl halides is 3. The van der Waals surface area contributed by atoms with Crippen molar-refractivity contribution in [3.8, 4) is 11.5 Å². The largest absolute Gasteiger partial charge is 0.454 e. The van der Waals surface area contributed by atoms with E-state index in [1.54, 1.807) is 0 Å². The number of hydrazine groups is 1. The Bertz CT molecular complexity index is 1100. The van der Waals surface area contributed by atoms with Gasteiger partial charge < -0.3 is 9.47 Å². The molecule has 0 aliphatic carbocycles. The van der Waals surface area contributed by atoms with Crippen LogP contribution in [0, 0.1) is 0 Å². The highest BCUT2D eigenvalue weighted by molar-refractivity contribution is 7.89. The van der Waals surface area contributed by atoms with Crippen LogP contribution in [0.5, 0.6) is 11.5 Å². The van der Waals surface area contributed by atoms with Crippen LogP contribution in [-0.2, 0) is 21.0 Å². The van der Waals surface area contributed by atoms with Crippen LogP contribution in [0.1, 0.15) is 22.3 Å². The summed E-state index contributed by atoms with van der Waals surface area (Å²) in [6, 6.07) is 8.06. The van der Waals surface area contributed by atoms with Crippen molar-refractivity contribution in [2.45, 2.75) is 17.5 Å². The van der Waals surface area contributed by atoms with Crippen LogP contribution in [0.2, 0.25) is 0 Å². The standard InChI is InChI=1S/C18H16F3N3O6S/c19-18(20,21)12-3-1-2-4-15(12)31(27,28)22-8-7-16(25)23-24-17(26)11-5-6-13-14(9-11)30-10-29-13/h1-6,9,22H,7-8,10H2,(H,23,25)(H,24,26). The van der Waals surface area contributed by atoms with Gasteiger partial charge in [-0.15, -0.1) is 0 Å². The Hall–Kier alpha value is -3.32. The van der Waals surface area contributed by atoms with Crippen molar-refractivity contribution in [1.29, 1.82) is 0 Å². The lowest BCUT2D eigenvalue weighted by Crippen LogP contribution is -2.42. The molecule has 0 atom stereocenters. The van der Waals surface area contributed by atoms with E-state index in [1.165, 1.54) is 18.2 Å². The van der Waals surface area contributed by atoms with Gasteiger partial charge in [-0.2, -0.15) is 13.2 Å². The molecule has 1 aliphatic rings. The lowest BCUT2D eigenvalue weighted by molar-refractivity contribution is -0.139. The molecular formula is C18H16F3N3O6S. The van der Waals surface area contributed by atoms with Crippen LogP contribution in [0.4, 0.5) is 13.2 Å². The van der Waals surface area contributed by atoms with Gasteiger partial charge in [0.05, 0.1) is 10.5 Å². The van der Waals surface area contributed by atoms with Crippen LogP contribution in [0.15, 0.2) is 47.4 Å². The zero-order valence-electron chi connectivity index (χ0n) is 15.7. The molecule has 3 N–H and O–H groups in total. The van der Waals surface area contributed by atoms with E-state index in [1.807, 2.05) is 4.72 Å². The minimum absolute atomic E-state index is 0.0283. The number of hydrogen-bond acceptors (Lipinski definition) is 6. The topological polar surface area (TPSA) is 123 Å². The summed E-state index contributed by atoms with van der Waals surface area (Å²) in [6.45, 7) is -0.458. The Kier molecular flexibility index (Phi) is 6.36. The highest BCUT2D eigenvalue weighted by Gasteiger charge is 2.36. The fourth-order valence-corrected chi connectivity index (χ4v) is 3.87. The average Bonchev–Trinajstić information content (AvgIpc) is 3.19. The molecule has 0 radical (unpaired) electrons. The normalized spacial score (nSPS) is 13.0. The van der Waals surface area contributed by atoms with Gasteiger partial charge in [0.15, 0.2) is 11.5 Å². The van der Waals surface area contributed by atoms with Crippen molar-refractivity contribution in [2.24, 2.45) is 0 Å². The van der Waals surface area contributed by atoms with Crippen LogP contribution in [-0.4, -0.2) is 33.6 Å². The van der Waals surface area contributed by atoms with Crippen molar-refractivity contribution in [1.82, 2.24) is 15.6 Å². The summed E-state index contributed by atoms with van der Waals surface area (Å²) >= 11 is 0. The fraction of sp³-hybridized carbons (Fsp3) is 0.222. The van der Waals surface area contributed by atoms with Crippen molar-refractivity contribution in [3.63, 3.8) is 0 Å². The highest BCUT2D eigenvalue weighted by Crippen LogP contribution is 2.34. The molecule has 0 bridgehead atoms. The molecule has 166 valence electrons. The molecule has 2 amide bonds. The minimum atomic E-state index is -4.86. The maximum Gasteiger partial charge on any atom is 0.417 e. The zero-order chi connectivity index (χ0) is 22.6. The molecule has 13 heteroatoms. The van der Waals surface area contributed by atoms with Gasteiger partial charge in [-0.25, -0.2) is 13.1 Å². The Morgan fingerprint density at radius 2 is 1.71 bits per heavy atom. The number of hydrogen-bond donors (Lipinski definition) is 3. The molecule has 0 spiro atoms. The molecule has 0 saturated carbocycles. The minimum Gasteiger partial charge on any atom is -0.454 e. The summed E-state index contributed by atoms with van der Waals surface area (Å²) in [7, 11) is -4.51.